The normalized spacial score (nSPS) is 31.6. The molecule has 108 valence electrons. The van der Waals surface area contributed by atoms with Crippen molar-refractivity contribution in [3.8, 4) is 0 Å². The maximum absolute atomic E-state index is 12.5. The highest BCUT2D eigenvalue weighted by atomic mass is 16.4. The van der Waals surface area contributed by atoms with Crippen LogP contribution < -0.4 is 0 Å². The van der Waals surface area contributed by atoms with Crippen molar-refractivity contribution >= 4 is 12.0 Å². The number of rotatable bonds is 2. The van der Waals surface area contributed by atoms with E-state index in [0.29, 0.717) is 25.4 Å². The maximum atomic E-state index is 12.5. The van der Waals surface area contributed by atoms with Crippen molar-refractivity contribution in [3.63, 3.8) is 0 Å². The van der Waals surface area contributed by atoms with Crippen LogP contribution in [0.5, 0.6) is 0 Å². The molecule has 2 N–H and O–H groups in total. The minimum absolute atomic E-state index is 0.0479. The lowest BCUT2D eigenvalue weighted by Gasteiger charge is -2.39. The third-order valence-electron chi connectivity index (χ3n) is 4.23. The van der Waals surface area contributed by atoms with E-state index in [2.05, 4.69) is 0 Å². The predicted octanol–water partition coefficient (Wildman–Crippen LogP) is 0.748. The summed E-state index contributed by atoms with van der Waals surface area (Å²) in [6.45, 7) is 3.08. The molecule has 2 heterocycles. The Morgan fingerprint density at radius 2 is 1.95 bits per heavy atom. The summed E-state index contributed by atoms with van der Waals surface area (Å²) in [5.74, 6) is -0.600. The van der Waals surface area contributed by atoms with Crippen molar-refractivity contribution in [2.75, 3.05) is 19.7 Å². The number of urea groups is 1. The first-order valence-corrected chi connectivity index (χ1v) is 6.95. The molecule has 19 heavy (non-hydrogen) atoms. The quantitative estimate of drug-likeness (QED) is 0.776. The van der Waals surface area contributed by atoms with E-state index < -0.39 is 12.0 Å². The Morgan fingerprint density at radius 1 is 1.21 bits per heavy atom. The summed E-state index contributed by atoms with van der Waals surface area (Å²) in [4.78, 5) is 26.9. The predicted molar refractivity (Wildman–Crippen MR) is 68.7 cm³/mol. The zero-order chi connectivity index (χ0) is 14.0. The van der Waals surface area contributed by atoms with Crippen molar-refractivity contribution in [2.24, 2.45) is 5.92 Å². The molecule has 0 spiro atoms. The first kappa shape index (κ1) is 14.1. The molecule has 0 aromatic rings. The average molecular weight is 270 g/mol. The molecule has 3 atom stereocenters. The summed E-state index contributed by atoms with van der Waals surface area (Å²) in [6, 6.07) is -1.10. The minimum atomic E-state index is -0.931. The number of nitrogens with zero attached hydrogens (tertiary/aromatic N) is 2. The third-order valence-corrected chi connectivity index (χ3v) is 4.23. The van der Waals surface area contributed by atoms with Gasteiger partial charge in [-0.25, -0.2) is 9.59 Å². The number of hydrogen-bond donors (Lipinski definition) is 2. The molecule has 6 nitrogen and oxygen atoms in total. The number of carbonyl (C=O) groups is 2. The van der Waals surface area contributed by atoms with Crippen LogP contribution in [0.25, 0.3) is 0 Å². The number of piperidine rings is 1. The number of likely N-dealkylation sites (tertiary alicyclic amines) is 2. The third kappa shape index (κ3) is 2.83. The number of carboxylic acid groups (broad SMARTS) is 1. The number of aliphatic hydroxyl groups is 1. The van der Waals surface area contributed by atoms with Crippen LogP contribution in [-0.2, 0) is 4.79 Å². The molecule has 0 radical (unpaired) electrons. The number of aliphatic carboxylic acids is 1. The molecule has 2 amide bonds. The first-order valence-electron chi connectivity index (χ1n) is 6.95. The molecule has 0 saturated carbocycles. The lowest BCUT2D eigenvalue weighted by molar-refractivity contribution is -0.144. The Balaban J connectivity index is 2.10. The van der Waals surface area contributed by atoms with E-state index in [0.717, 1.165) is 19.3 Å². The van der Waals surface area contributed by atoms with Gasteiger partial charge in [-0.3, -0.25) is 0 Å². The second-order valence-electron chi connectivity index (χ2n) is 5.63. The van der Waals surface area contributed by atoms with E-state index in [4.69, 9.17) is 0 Å². The monoisotopic (exact) mass is 270 g/mol. The van der Waals surface area contributed by atoms with Gasteiger partial charge in [0.05, 0.1) is 12.6 Å². The molecule has 0 aromatic heterocycles. The van der Waals surface area contributed by atoms with Gasteiger partial charge in [0.2, 0.25) is 0 Å². The molecule has 0 aromatic carbocycles. The molecule has 2 fully saturated rings. The highest BCUT2D eigenvalue weighted by Crippen LogP contribution is 2.26. The number of amides is 2. The smallest absolute Gasteiger partial charge is 0.326 e. The highest BCUT2D eigenvalue weighted by Gasteiger charge is 2.39. The van der Waals surface area contributed by atoms with Crippen LogP contribution in [0.15, 0.2) is 0 Å². The number of aliphatic hydroxyl groups excluding tert-OH is 1. The molecular weight excluding hydrogens is 248 g/mol. The van der Waals surface area contributed by atoms with Gasteiger partial charge in [0.1, 0.15) is 6.04 Å². The lowest BCUT2D eigenvalue weighted by atomic mass is 9.92. The largest absolute Gasteiger partial charge is 0.480 e. The van der Waals surface area contributed by atoms with Crippen LogP contribution >= 0.6 is 0 Å². The Morgan fingerprint density at radius 3 is 2.58 bits per heavy atom. The molecule has 0 aliphatic carbocycles. The molecule has 2 rings (SSSR count). The second-order valence-corrected chi connectivity index (χ2v) is 5.63. The molecule has 2 aliphatic rings. The van der Waals surface area contributed by atoms with Crippen LogP contribution in [0.4, 0.5) is 4.79 Å². The van der Waals surface area contributed by atoms with Gasteiger partial charge in [-0.1, -0.05) is 6.92 Å². The Labute approximate surface area is 113 Å². The van der Waals surface area contributed by atoms with E-state index in [-0.39, 0.29) is 18.7 Å². The standard InChI is InChI=1S/C13H22N2O4/c1-9-4-6-15(11(7-9)12(17)18)13(19)14-5-2-3-10(14)8-16/h9-11,16H,2-8H2,1H3,(H,17,18). The van der Waals surface area contributed by atoms with Gasteiger partial charge in [-0.15, -0.1) is 0 Å². The molecule has 6 heteroatoms. The van der Waals surface area contributed by atoms with Crippen LogP contribution in [0.2, 0.25) is 0 Å². The minimum Gasteiger partial charge on any atom is -0.480 e. The molecular formula is C13H22N2O4. The van der Waals surface area contributed by atoms with Crippen LogP contribution in [-0.4, -0.2) is 63.8 Å². The topological polar surface area (TPSA) is 81.1 Å². The SMILES string of the molecule is CC1CCN(C(=O)N2CCCC2CO)C(C(=O)O)C1. The summed E-state index contributed by atoms with van der Waals surface area (Å²) in [7, 11) is 0. The molecule has 2 aliphatic heterocycles. The van der Waals surface area contributed by atoms with E-state index >= 15 is 0 Å². The summed E-state index contributed by atoms with van der Waals surface area (Å²) in [5.41, 5.74) is 0. The van der Waals surface area contributed by atoms with E-state index in [9.17, 15) is 19.8 Å². The lowest BCUT2D eigenvalue weighted by Crippen LogP contribution is -2.55. The highest BCUT2D eigenvalue weighted by molar-refractivity contribution is 5.83. The van der Waals surface area contributed by atoms with E-state index in [1.54, 1.807) is 4.90 Å². The molecule has 0 bridgehead atoms. The van der Waals surface area contributed by atoms with E-state index in [1.807, 2.05) is 6.92 Å². The van der Waals surface area contributed by atoms with Crippen molar-refractivity contribution in [2.45, 2.75) is 44.7 Å². The maximum Gasteiger partial charge on any atom is 0.326 e. The fraction of sp³-hybridized carbons (Fsp3) is 0.846. The van der Waals surface area contributed by atoms with Gasteiger partial charge in [0, 0.05) is 13.1 Å². The van der Waals surface area contributed by atoms with Crippen molar-refractivity contribution in [1.82, 2.24) is 9.80 Å². The van der Waals surface area contributed by atoms with Crippen molar-refractivity contribution in [1.29, 1.82) is 0 Å². The van der Waals surface area contributed by atoms with Gasteiger partial charge in [-0.05, 0) is 31.6 Å². The number of hydrogen-bond acceptors (Lipinski definition) is 3. The Bertz CT molecular complexity index is 361. The Kier molecular flexibility index (Phi) is 4.29. The second kappa shape index (κ2) is 5.77. The van der Waals surface area contributed by atoms with Gasteiger partial charge >= 0.3 is 12.0 Å². The summed E-state index contributed by atoms with van der Waals surface area (Å²) in [5, 5.41) is 18.6. The number of carbonyl (C=O) groups excluding carboxylic acids is 1. The summed E-state index contributed by atoms with van der Waals surface area (Å²) < 4.78 is 0. The van der Waals surface area contributed by atoms with E-state index in [1.165, 1.54) is 4.90 Å². The summed E-state index contributed by atoms with van der Waals surface area (Å²) in [6.07, 6.45) is 3.02. The summed E-state index contributed by atoms with van der Waals surface area (Å²) >= 11 is 0. The van der Waals surface area contributed by atoms with Crippen LogP contribution in [0, 0.1) is 5.92 Å². The average Bonchev–Trinajstić information content (AvgIpc) is 2.86. The van der Waals surface area contributed by atoms with Gasteiger partial charge < -0.3 is 20.0 Å². The van der Waals surface area contributed by atoms with Crippen LogP contribution in [0.1, 0.15) is 32.6 Å². The Hall–Kier alpha value is -1.30. The first-order chi connectivity index (χ1) is 9.04. The number of carboxylic acids is 1. The van der Waals surface area contributed by atoms with Crippen molar-refractivity contribution < 1.29 is 19.8 Å². The van der Waals surface area contributed by atoms with Crippen LogP contribution in [0.3, 0.4) is 0 Å². The van der Waals surface area contributed by atoms with Crippen molar-refractivity contribution in [3.05, 3.63) is 0 Å². The molecule has 3 unspecified atom stereocenters. The van der Waals surface area contributed by atoms with Gasteiger partial charge in [0.25, 0.3) is 0 Å². The fourth-order valence-corrected chi connectivity index (χ4v) is 3.05. The zero-order valence-corrected chi connectivity index (χ0v) is 11.3. The van der Waals surface area contributed by atoms with Gasteiger partial charge in [-0.2, -0.15) is 0 Å². The fourth-order valence-electron chi connectivity index (χ4n) is 3.05. The molecule has 2 saturated heterocycles. The van der Waals surface area contributed by atoms with Gasteiger partial charge in [0.15, 0.2) is 0 Å². The zero-order valence-electron chi connectivity index (χ0n) is 11.3.